The van der Waals surface area contributed by atoms with E-state index < -0.39 is 20.8 Å². The zero-order valence-corrected chi connectivity index (χ0v) is 43.0. The van der Waals surface area contributed by atoms with Crippen molar-refractivity contribution in [3.8, 4) is 0 Å². The molecule has 0 saturated heterocycles. The van der Waals surface area contributed by atoms with Crippen LogP contribution >= 0.6 is 0 Å². The molecule has 2 unspecified atom stereocenters. The molecule has 0 amide bonds. The second-order valence-electron chi connectivity index (χ2n) is 16.8. The molecule has 348 valence electrons. The molecule has 0 aromatic carbocycles. The Hall–Kier alpha value is 0.480. The predicted molar refractivity (Wildman–Crippen MR) is 251 cm³/mol. The molecule has 2 atom stereocenters. The Morgan fingerprint density at radius 2 is 0.593 bits per heavy atom. The van der Waals surface area contributed by atoms with Crippen molar-refractivity contribution >= 4 is 58.5 Å². The van der Waals surface area contributed by atoms with Gasteiger partial charge in [-0.2, -0.15) is 0 Å². The molecule has 0 N–H and O–H groups in total. The number of rotatable bonds is 44. The van der Waals surface area contributed by atoms with Crippen molar-refractivity contribution in [2.45, 2.75) is 259 Å². The SMILES string of the molecule is CCCCC/C=C/C(CCCCCCCCCCCCCCC)COS(=O)(=O)[O-].CCCCC/C=C/C(CCCCCCCCCCCCCCC)COS(=O)(=O)[O-].[Ca+2]. The van der Waals surface area contributed by atoms with Gasteiger partial charge in [0, 0.05) is 11.8 Å². The fourth-order valence-corrected chi connectivity index (χ4v) is 7.94. The third-order valence-corrected chi connectivity index (χ3v) is 11.8. The topological polar surface area (TPSA) is 133 Å². The fourth-order valence-electron chi connectivity index (χ4n) is 7.26. The van der Waals surface area contributed by atoms with E-state index in [9.17, 15) is 25.9 Å². The summed E-state index contributed by atoms with van der Waals surface area (Å²) in [5, 5.41) is 0. The quantitative estimate of drug-likeness (QED) is 0.0194. The zero-order chi connectivity index (χ0) is 43.3. The van der Waals surface area contributed by atoms with Crippen LogP contribution in [0.1, 0.15) is 259 Å². The maximum absolute atomic E-state index is 10.7. The second kappa shape index (κ2) is 49.5. The molecule has 0 radical (unpaired) electrons. The molecule has 0 heterocycles. The molecule has 59 heavy (non-hydrogen) atoms. The van der Waals surface area contributed by atoms with Crippen molar-refractivity contribution in [1.29, 1.82) is 0 Å². The van der Waals surface area contributed by atoms with Crippen LogP contribution in [-0.2, 0) is 29.2 Å². The molecule has 0 aliphatic carbocycles. The fraction of sp³-hybridized carbons (Fsp3) is 0.917. The van der Waals surface area contributed by atoms with Gasteiger partial charge in [0.05, 0.1) is 13.2 Å². The first-order chi connectivity index (χ1) is 28.0. The van der Waals surface area contributed by atoms with E-state index in [1.165, 1.54) is 180 Å². The Balaban J connectivity index is -0.00000105. The van der Waals surface area contributed by atoms with E-state index in [-0.39, 0.29) is 62.8 Å². The molecule has 0 aliphatic rings. The summed E-state index contributed by atoms with van der Waals surface area (Å²) in [6.07, 6.45) is 53.4. The van der Waals surface area contributed by atoms with Crippen LogP contribution in [-0.4, -0.2) is 76.9 Å². The minimum absolute atomic E-state index is 0. The van der Waals surface area contributed by atoms with Crippen molar-refractivity contribution in [3.63, 3.8) is 0 Å². The van der Waals surface area contributed by atoms with Gasteiger partial charge in [0.15, 0.2) is 0 Å². The molecular weight excluding hydrogens is 809 g/mol. The van der Waals surface area contributed by atoms with E-state index in [4.69, 9.17) is 0 Å². The van der Waals surface area contributed by atoms with E-state index in [1.807, 2.05) is 12.2 Å². The van der Waals surface area contributed by atoms with Crippen LogP contribution in [0.4, 0.5) is 0 Å². The van der Waals surface area contributed by atoms with Gasteiger partial charge < -0.3 is 9.11 Å². The summed E-state index contributed by atoms with van der Waals surface area (Å²) in [5.74, 6) is 0.0427. The van der Waals surface area contributed by atoms with Gasteiger partial charge in [0.25, 0.3) is 0 Å². The molecule has 0 aromatic heterocycles. The third kappa shape index (κ3) is 58.5. The van der Waals surface area contributed by atoms with E-state index in [1.54, 1.807) is 0 Å². The smallest absolute Gasteiger partial charge is 0.726 e. The standard InChI is InChI=1S/2C24H48O4S.Ca/c2*1-3-5-7-9-10-11-12-13-14-15-16-18-20-22-24(23-28-29(25,26)27)21-19-17-8-6-4-2;/h2*19,21,24H,3-18,20,22-23H2,1-2H3,(H,25,26,27);/q;;+2/p-2/b2*21-19+;. The Labute approximate surface area is 398 Å². The van der Waals surface area contributed by atoms with Gasteiger partial charge in [-0.3, -0.25) is 8.37 Å². The van der Waals surface area contributed by atoms with Crippen molar-refractivity contribution < 1.29 is 34.3 Å². The number of hydrogen-bond donors (Lipinski definition) is 0. The molecule has 0 saturated carbocycles. The van der Waals surface area contributed by atoms with Gasteiger partial charge in [-0.15, -0.1) is 0 Å². The van der Waals surface area contributed by atoms with Crippen molar-refractivity contribution in [2.75, 3.05) is 13.2 Å². The van der Waals surface area contributed by atoms with Crippen LogP contribution in [0.25, 0.3) is 0 Å². The van der Waals surface area contributed by atoms with Gasteiger partial charge in [0.2, 0.25) is 20.8 Å². The van der Waals surface area contributed by atoms with Gasteiger partial charge in [-0.1, -0.05) is 245 Å². The molecule has 0 spiro atoms. The van der Waals surface area contributed by atoms with Gasteiger partial charge in [-0.05, 0) is 38.5 Å². The second-order valence-corrected chi connectivity index (χ2v) is 18.9. The maximum Gasteiger partial charge on any atom is 2.00 e. The van der Waals surface area contributed by atoms with E-state index in [0.717, 1.165) is 51.4 Å². The van der Waals surface area contributed by atoms with Gasteiger partial charge in [-0.25, -0.2) is 16.8 Å². The molecule has 0 bridgehead atoms. The average Bonchev–Trinajstić information content (AvgIpc) is 3.18. The van der Waals surface area contributed by atoms with Crippen LogP contribution < -0.4 is 0 Å². The molecule has 8 nitrogen and oxygen atoms in total. The summed E-state index contributed by atoms with van der Waals surface area (Å²) < 4.78 is 73.4. The molecule has 0 aliphatic heterocycles. The Morgan fingerprint density at radius 1 is 0.373 bits per heavy atom. The largest absolute Gasteiger partial charge is 2.00 e. The summed E-state index contributed by atoms with van der Waals surface area (Å²) in [5.41, 5.74) is 0. The van der Waals surface area contributed by atoms with Gasteiger partial charge >= 0.3 is 37.7 Å². The third-order valence-electron chi connectivity index (χ3n) is 11.0. The first-order valence-corrected chi connectivity index (χ1v) is 27.2. The number of allylic oxidation sites excluding steroid dienone is 2. The molecule has 0 aromatic rings. The average molecular weight is 903 g/mol. The van der Waals surface area contributed by atoms with Crippen molar-refractivity contribution in [3.05, 3.63) is 24.3 Å². The summed E-state index contributed by atoms with van der Waals surface area (Å²) in [6.45, 7) is 8.83. The minimum Gasteiger partial charge on any atom is -0.726 e. The normalized spacial score (nSPS) is 13.1. The minimum atomic E-state index is -4.60. The first kappa shape index (κ1) is 63.8. The monoisotopic (exact) mass is 903 g/mol. The molecule has 11 heteroatoms. The van der Waals surface area contributed by atoms with Crippen LogP contribution in [0, 0.1) is 11.8 Å². The van der Waals surface area contributed by atoms with Crippen molar-refractivity contribution in [2.24, 2.45) is 11.8 Å². The summed E-state index contributed by atoms with van der Waals surface area (Å²) in [4.78, 5) is 0. The van der Waals surface area contributed by atoms with E-state index >= 15 is 0 Å². The zero-order valence-electron chi connectivity index (χ0n) is 39.1. The van der Waals surface area contributed by atoms with Crippen LogP contribution in [0.5, 0.6) is 0 Å². The number of unbranched alkanes of at least 4 members (excludes halogenated alkanes) is 30. The summed E-state index contributed by atoms with van der Waals surface area (Å²) in [7, 11) is -9.20. The van der Waals surface area contributed by atoms with E-state index in [2.05, 4.69) is 48.2 Å². The van der Waals surface area contributed by atoms with E-state index in [0.29, 0.717) is 0 Å². The first-order valence-electron chi connectivity index (χ1n) is 24.5. The molecule has 0 fully saturated rings. The Morgan fingerprint density at radius 3 is 0.831 bits per heavy atom. The van der Waals surface area contributed by atoms with Crippen LogP contribution in [0.3, 0.4) is 0 Å². The summed E-state index contributed by atoms with van der Waals surface area (Å²) in [6, 6.07) is 0. The molecule has 0 rings (SSSR count). The Kier molecular flexibility index (Phi) is 53.5. The van der Waals surface area contributed by atoms with Crippen LogP contribution in [0.15, 0.2) is 24.3 Å². The van der Waals surface area contributed by atoms with Crippen LogP contribution in [0.2, 0.25) is 0 Å². The Bertz CT molecular complexity index is 1010. The maximum atomic E-state index is 10.7. The molecular formula is C48H94CaO8S2. The van der Waals surface area contributed by atoms with Gasteiger partial charge in [0.1, 0.15) is 0 Å². The summed E-state index contributed by atoms with van der Waals surface area (Å²) >= 11 is 0. The number of hydrogen-bond acceptors (Lipinski definition) is 8. The van der Waals surface area contributed by atoms with Crippen molar-refractivity contribution in [1.82, 2.24) is 0 Å². The predicted octanol–water partition coefficient (Wildman–Crippen LogP) is 15.0.